The zero-order valence-corrected chi connectivity index (χ0v) is 18.1. The molecule has 0 spiro atoms. The van der Waals surface area contributed by atoms with E-state index in [1.165, 1.54) is 11.4 Å². The van der Waals surface area contributed by atoms with Gasteiger partial charge in [0.2, 0.25) is 10.0 Å². The molecule has 0 N–H and O–H groups in total. The van der Waals surface area contributed by atoms with Gasteiger partial charge in [-0.25, -0.2) is 8.42 Å². The van der Waals surface area contributed by atoms with Crippen LogP contribution in [-0.4, -0.2) is 56.7 Å². The number of carbonyl (C=O) groups excluding carboxylic acids is 1. The van der Waals surface area contributed by atoms with E-state index < -0.39 is 40.4 Å². The van der Waals surface area contributed by atoms with Crippen LogP contribution in [0.1, 0.15) is 46.1 Å². The second kappa shape index (κ2) is 7.13. The van der Waals surface area contributed by atoms with Gasteiger partial charge in [0.25, 0.3) is 0 Å². The predicted molar refractivity (Wildman–Crippen MR) is 106 cm³/mol. The molecule has 9 heteroatoms. The summed E-state index contributed by atoms with van der Waals surface area (Å²) in [6.45, 7) is 9.85. The summed E-state index contributed by atoms with van der Waals surface area (Å²) in [5.41, 5.74) is 0.165. The molecule has 0 saturated carbocycles. The average Bonchev–Trinajstić information content (AvgIpc) is 3.17. The standard InChI is InChI=1S/C19H28BNO6S/c1-13-9-10-16(14(12-13)20-26-18(2,3)19(4,5)27-20)28(23,24)21-11-7-8-15(21)17(22)25-6/h9-10,12,15H,7-8,11H2,1-6H3/t15-/m0/s1. The molecule has 0 unspecified atom stereocenters. The third kappa shape index (κ3) is 3.49. The fourth-order valence-electron chi connectivity index (χ4n) is 3.58. The topological polar surface area (TPSA) is 82.1 Å². The number of carbonyl (C=O) groups is 1. The van der Waals surface area contributed by atoms with Crippen molar-refractivity contribution >= 4 is 28.6 Å². The second-order valence-corrected chi connectivity index (χ2v) is 10.3. The monoisotopic (exact) mass is 409 g/mol. The quantitative estimate of drug-likeness (QED) is 0.555. The molecule has 0 bridgehead atoms. The van der Waals surface area contributed by atoms with E-state index in [0.29, 0.717) is 18.3 Å². The van der Waals surface area contributed by atoms with Crippen LogP contribution in [-0.2, 0) is 28.9 Å². The maximum atomic E-state index is 13.5. The fourth-order valence-corrected chi connectivity index (χ4v) is 5.42. The van der Waals surface area contributed by atoms with Crippen LogP contribution in [0.15, 0.2) is 23.1 Å². The molecule has 2 fully saturated rings. The lowest BCUT2D eigenvalue weighted by Crippen LogP contribution is -2.45. The number of benzene rings is 1. The van der Waals surface area contributed by atoms with Gasteiger partial charge in [-0.1, -0.05) is 17.7 Å². The van der Waals surface area contributed by atoms with Crippen molar-refractivity contribution in [2.24, 2.45) is 0 Å². The summed E-state index contributed by atoms with van der Waals surface area (Å²) in [7, 11) is -3.47. The van der Waals surface area contributed by atoms with E-state index in [0.717, 1.165) is 5.56 Å². The molecule has 1 atom stereocenters. The molecule has 0 amide bonds. The zero-order chi connectivity index (χ0) is 20.9. The molecular formula is C19H28BNO6S. The van der Waals surface area contributed by atoms with Crippen molar-refractivity contribution in [1.82, 2.24) is 4.31 Å². The van der Waals surface area contributed by atoms with Gasteiger partial charge in [0, 0.05) is 12.0 Å². The number of ether oxygens (including phenoxy) is 1. The van der Waals surface area contributed by atoms with E-state index in [2.05, 4.69) is 0 Å². The Labute approximate surface area is 167 Å². The summed E-state index contributed by atoms with van der Waals surface area (Å²) < 4.78 is 45.2. The Hall–Kier alpha value is -1.42. The van der Waals surface area contributed by atoms with Gasteiger partial charge in [-0.15, -0.1) is 0 Å². The maximum Gasteiger partial charge on any atom is 0.496 e. The largest absolute Gasteiger partial charge is 0.496 e. The molecular weight excluding hydrogens is 381 g/mol. The molecule has 1 aromatic carbocycles. The minimum atomic E-state index is -3.93. The van der Waals surface area contributed by atoms with Crippen LogP contribution in [0.5, 0.6) is 0 Å². The first-order chi connectivity index (χ1) is 12.9. The van der Waals surface area contributed by atoms with Gasteiger partial charge in [-0.2, -0.15) is 4.31 Å². The zero-order valence-electron chi connectivity index (χ0n) is 17.3. The molecule has 2 aliphatic rings. The molecule has 3 rings (SSSR count). The van der Waals surface area contributed by atoms with Gasteiger partial charge in [0.15, 0.2) is 0 Å². The van der Waals surface area contributed by atoms with E-state index >= 15 is 0 Å². The summed E-state index contributed by atoms with van der Waals surface area (Å²) >= 11 is 0. The summed E-state index contributed by atoms with van der Waals surface area (Å²) in [6, 6.07) is 4.28. The average molecular weight is 409 g/mol. The molecule has 2 heterocycles. The van der Waals surface area contributed by atoms with Crippen LogP contribution >= 0.6 is 0 Å². The number of hydrogen-bond acceptors (Lipinski definition) is 6. The van der Waals surface area contributed by atoms with Crippen LogP contribution < -0.4 is 5.46 Å². The Balaban J connectivity index is 2.05. The van der Waals surface area contributed by atoms with Crippen molar-refractivity contribution in [1.29, 1.82) is 0 Å². The fraction of sp³-hybridized carbons (Fsp3) is 0.632. The van der Waals surface area contributed by atoms with Crippen LogP contribution in [0, 0.1) is 6.92 Å². The highest BCUT2D eigenvalue weighted by Crippen LogP contribution is 2.37. The molecule has 7 nitrogen and oxygen atoms in total. The molecule has 0 aromatic heterocycles. The van der Waals surface area contributed by atoms with Gasteiger partial charge < -0.3 is 14.0 Å². The van der Waals surface area contributed by atoms with Crippen molar-refractivity contribution in [2.75, 3.05) is 13.7 Å². The van der Waals surface area contributed by atoms with Gasteiger partial charge in [0.1, 0.15) is 6.04 Å². The predicted octanol–water partition coefficient (Wildman–Crippen LogP) is 1.62. The highest BCUT2D eigenvalue weighted by molar-refractivity contribution is 7.89. The molecule has 0 aliphatic carbocycles. The Morgan fingerprint density at radius 2 is 1.82 bits per heavy atom. The summed E-state index contributed by atoms with van der Waals surface area (Å²) in [4.78, 5) is 12.2. The summed E-state index contributed by atoms with van der Waals surface area (Å²) in [5.74, 6) is -0.537. The Morgan fingerprint density at radius 3 is 2.39 bits per heavy atom. The number of nitrogens with zero attached hydrogens (tertiary/aromatic N) is 1. The number of sulfonamides is 1. The Kier molecular flexibility index (Phi) is 5.42. The normalized spacial score (nSPS) is 24.5. The van der Waals surface area contributed by atoms with Crippen molar-refractivity contribution in [3.63, 3.8) is 0 Å². The van der Waals surface area contributed by atoms with E-state index in [4.69, 9.17) is 14.0 Å². The molecule has 28 heavy (non-hydrogen) atoms. The number of rotatable bonds is 4. The Morgan fingerprint density at radius 1 is 1.21 bits per heavy atom. The van der Waals surface area contributed by atoms with Crippen LogP contribution in [0.4, 0.5) is 0 Å². The minimum Gasteiger partial charge on any atom is -0.468 e. The molecule has 2 saturated heterocycles. The van der Waals surface area contributed by atoms with E-state index in [1.54, 1.807) is 18.2 Å². The van der Waals surface area contributed by atoms with Crippen molar-refractivity contribution in [3.8, 4) is 0 Å². The third-order valence-corrected chi connectivity index (χ3v) is 7.92. The first-order valence-corrected chi connectivity index (χ1v) is 10.9. The van der Waals surface area contributed by atoms with Crippen molar-refractivity contribution in [3.05, 3.63) is 23.8 Å². The lowest BCUT2D eigenvalue weighted by molar-refractivity contribution is -0.144. The van der Waals surface area contributed by atoms with Crippen molar-refractivity contribution < 1.29 is 27.3 Å². The van der Waals surface area contributed by atoms with Crippen molar-refractivity contribution in [2.45, 2.75) is 69.6 Å². The lowest BCUT2D eigenvalue weighted by atomic mass is 9.78. The van der Waals surface area contributed by atoms with Gasteiger partial charge in [-0.3, -0.25) is 4.79 Å². The summed E-state index contributed by atoms with van der Waals surface area (Å²) in [5, 5.41) is 0. The summed E-state index contributed by atoms with van der Waals surface area (Å²) in [6.07, 6.45) is 1.06. The lowest BCUT2D eigenvalue weighted by Gasteiger charge is -2.32. The van der Waals surface area contributed by atoms with Crippen LogP contribution in [0.25, 0.3) is 0 Å². The third-order valence-electron chi connectivity index (χ3n) is 5.94. The Bertz CT molecular complexity index is 866. The van der Waals surface area contributed by atoms with E-state index in [9.17, 15) is 13.2 Å². The maximum absolute atomic E-state index is 13.5. The van der Waals surface area contributed by atoms with Gasteiger partial charge in [-0.05, 0) is 53.5 Å². The first-order valence-electron chi connectivity index (χ1n) is 9.46. The smallest absolute Gasteiger partial charge is 0.468 e. The second-order valence-electron chi connectivity index (χ2n) is 8.43. The number of esters is 1. The van der Waals surface area contributed by atoms with Crippen LogP contribution in [0.2, 0.25) is 0 Å². The number of methoxy groups -OCH3 is 1. The van der Waals surface area contributed by atoms with Gasteiger partial charge in [0.05, 0.1) is 23.2 Å². The first kappa shape index (κ1) is 21.3. The van der Waals surface area contributed by atoms with Gasteiger partial charge >= 0.3 is 13.1 Å². The number of hydrogen-bond donors (Lipinski definition) is 0. The highest BCUT2D eigenvalue weighted by atomic mass is 32.2. The van der Waals surface area contributed by atoms with E-state index in [-0.39, 0.29) is 11.4 Å². The number of aryl methyl sites for hydroxylation is 1. The SMILES string of the molecule is COC(=O)[C@@H]1CCCN1S(=O)(=O)c1ccc(C)cc1B1OC(C)(C)C(C)(C)O1. The molecule has 154 valence electrons. The highest BCUT2D eigenvalue weighted by Gasteiger charge is 2.53. The van der Waals surface area contributed by atoms with Crippen LogP contribution in [0.3, 0.4) is 0 Å². The minimum absolute atomic E-state index is 0.104. The van der Waals surface area contributed by atoms with E-state index in [1.807, 2.05) is 34.6 Å². The molecule has 1 aromatic rings. The molecule has 2 aliphatic heterocycles. The molecule has 0 radical (unpaired) electrons.